The van der Waals surface area contributed by atoms with Crippen molar-refractivity contribution in [2.45, 2.75) is 45.4 Å². The van der Waals surface area contributed by atoms with E-state index in [1.54, 1.807) is 11.1 Å². The number of hydrogen-bond donors (Lipinski definition) is 0. The van der Waals surface area contributed by atoms with Crippen LogP contribution in [0.5, 0.6) is 0 Å². The minimum atomic E-state index is 0.793. The minimum absolute atomic E-state index is 0.793. The molecule has 2 rings (SSSR count). The third-order valence-electron chi connectivity index (χ3n) is 3.03. The van der Waals surface area contributed by atoms with Gasteiger partial charge in [0.15, 0.2) is 0 Å². The first-order valence-corrected chi connectivity index (χ1v) is 5.26. The van der Waals surface area contributed by atoms with Crippen LogP contribution < -0.4 is 0 Å². The molecule has 0 aromatic carbocycles. The Morgan fingerprint density at radius 2 is 1.83 bits per heavy atom. The summed E-state index contributed by atoms with van der Waals surface area (Å²) in [5.74, 6) is 0.793. The molecule has 0 aromatic rings. The Hall–Kier alpha value is -0.520. The third kappa shape index (κ3) is 1.63. The fourth-order valence-electron chi connectivity index (χ4n) is 2.29. The van der Waals surface area contributed by atoms with Gasteiger partial charge in [0.05, 0.1) is 0 Å². The molecule has 0 heteroatoms. The first-order chi connectivity index (χ1) is 5.86. The molecule has 0 nitrogen and oxygen atoms in total. The Morgan fingerprint density at radius 1 is 1.08 bits per heavy atom. The summed E-state index contributed by atoms with van der Waals surface area (Å²) in [5.41, 5.74) is 3.34. The Bertz CT molecular complexity index is 220. The van der Waals surface area contributed by atoms with Gasteiger partial charge in [0.2, 0.25) is 0 Å². The van der Waals surface area contributed by atoms with Gasteiger partial charge in [-0.15, -0.1) is 0 Å². The van der Waals surface area contributed by atoms with E-state index >= 15 is 0 Å². The average Bonchev–Trinajstić information content (AvgIpc) is 2.28. The molecule has 0 aliphatic heterocycles. The highest BCUT2D eigenvalue weighted by Crippen LogP contribution is 2.32. The van der Waals surface area contributed by atoms with Crippen LogP contribution in [0.2, 0.25) is 0 Å². The summed E-state index contributed by atoms with van der Waals surface area (Å²) in [7, 11) is 0. The lowest BCUT2D eigenvalue weighted by molar-refractivity contribution is 0.708. The van der Waals surface area contributed by atoms with Crippen molar-refractivity contribution in [3.05, 3.63) is 23.3 Å². The summed E-state index contributed by atoms with van der Waals surface area (Å²) in [6.07, 6.45) is 13.2. The van der Waals surface area contributed by atoms with E-state index in [-0.39, 0.29) is 0 Å². The molecule has 0 heterocycles. The predicted octanol–water partition coefficient (Wildman–Crippen LogP) is 3.84. The Balaban J connectivity index is 2.18. The van der Waals surface area contributed by atoms with Crippen molar-refractivity contribution in [1.29, 1.82) is 0 Å². The summed E-state index contributed by atoms with van der Waals surface area (Å²) < 4.78 is 0. The molecule has 1 unspecified atom stereocenters. The fourth-order valence-corrected chi connectivity index (χ4v) is 2.29. The monoisotopic (exact) mass is 162 g/mol. The highest BCUT2D eigenvalue weighted by Gasteiger charge is 2.14. The zero-order valence-electron chi connectivity index (χ0n) is 7.97. The predicted molar refractivity (Wildman–Crippen MR) is 53.0 cm³/mol. The molecule has 2 aliphatic carbocycles. The van der Waals surface area contributed by atoms with Crippen molar-refractivity contribution >= 4 is 0 Å². The van der Waals surface area contributed by atoms with Gasteiger partial charge < -0.3 is 0 Å². The fraction of sp³-hybridized carbons (Fsp3) is 0.667. The zero-order chi connectivity index (χ0) is 8.39. The highest BCUT2D eigenvalue weighted by molar-refractivity contribution is 5.35. The molecule has 0 saturated heterocycles. The van der Waals surface area contributed by atoms with E-state index in [1.165, 1.54) is 38.5 Å². The Kier molecular flexibility index (Phi) is 2.34. The number of rotatable bonds is 0. The molecule has 1 atom stereocenters. The molecule has 0 aromatic heterocycles. The van der Waals surface area contributed by atoms with Crippen molar-refractivity contribution in [3.63, 3.8) is 0 Å². The quantitative estimate of drug-likeness (QED) is 0.507. The topological polar surface area (TPSA) is 0 Å². The van der Waals surface area contributed by atoms with Crippen LogP contribution in [0, 0.1) is 5.92 Å². The molecule has 1 fully saturated rings. The van der Waals surface area contributed by atoms with Crippen molar-refractivity contribution in [1.82, 2.24) is 0 Å². The molecule has 2 aliphatic rings. The molecule has 66 valence electrons. The van der Waals surface area contributed by atoms with Crippen molar-refractivity contribution in [2.24, 2.45) is 5.92 Å². The molecule has 0 radical (unpaired) electrons. The van der Waals surface area contributed by atoms with Gasteiger partial charge in [-0.25, -0.2) is 0 Å². The maximum absolute atomic E-state index is 2.50. The summed E-state index contributed by atoms with van der Waals surface area (Å²) in [5, 5.41) is 0. The first kappa shape index (κ1) is 8.10. The lowest BCUT2D eigenvalue weighted by atomic mass is 9.89. The van der Waals surface area contributed by atoms with E-state index in [1.807, 2.05) is 0 Å². The van der Waals surface area contributed by atoms with Gasteiger partial charge >= 0.3 is 0 Å². The second kappa shape index (κ2) is 3.47. The van der Waals surface area contributed by atoms with Gasteiger partial charge in [0.1, 0.15) is 0 Å². The number of allylic oxidation sites excluding steroid dienone is 4. The van der Waals surface area contributed by atoms with Crippen LogP contribution in [-0.4, -0.2) is 0 Å². The van der Waals surface area contributed by atoms with Gasteiger partial charge in [-0.05, 0) is 49.2 Å². The van der Waals surface area contributed by atoms with E-state index in [2.05, 4.69) is 19.1 Å². The van der Waals surface area contributed by atoms with Crippen LogP contribution in [0.4, 0.5) is 0 Å². The summed E-state index contributed by atoms with van der Waals surface area (Å²) in [4.78, 5) is 0. The van der Waals surface area contributed by atoms with Crippen LogP contribution in [0.15, 0.2) is 23.3 Å². The Labute approximate surface area is 75.4 Å². The standard InChI is InChI=1S/C12H18/c1-10-7-8-11-5-3-2-4-6-12(11)9-10/h8-10H,2-7H2,1H3. The minimum Gasteiger partial charge on any atom is -0.0805 e. The molecule has 0 N–H and O–H groups in total. The van der Waals surface area contributed by atoms with E-state index in [9.17, 15) is 0 Å². The molecule has 0 amide bonds. The van der Waals surface area contributed by atoms with Crippen LogP contribution >= 0.6 is 0 Å². The molecule has 0 bridgehead atoms. The number of fused-ring (bicyclic) bond motifs is 1. The van der Waals surface area contributed by atoms with Gasteiger partial charge in [-0.1, -0.05) is 25.5 Å². The summed E-state index contributed by atoms with van der Waals surface area (Å²) in [6, 6.07) is 0. The number of hydrogen-bond acceptors (Lipinski definition) is 0. The van der Waals surface area contributed by atoms with Crippen molar-refractivity contribution in [2.75, 3.05) is 0 Å². The van der Waals surface area contributed by atoms with Gasteiger partial charge in [0, 0.05) is 0 Å². The largest absolute Gasteiger partial charge is 0.0805 e. The lowest BCUT2D eigenvalue weighted by Crippen LogP contribution is -2.00. The summed E-state index contributed by atoms with van der Waals surface area (Å²) >= 11 is 0. The van der Waals surface area contributed by atoms with Gasteiger partial charge in [-0.2, -0.15) is 0 Å². The first-order valence-electron chi connectivity index (χ1n) is 5.26. The third-order valence-corrected chi connectivity index (χ3v) is 3.03. The van der Waals surface area contributed by atoms with Crippen LogP contribution in [0.3, 0.4) is 0 Å². The van der Waals surface area contributed by atoms with E-state index in [0.717, 1.165) is 5.92 Å². The van der Waals surface area contributed by atoms with Crippen molar-refractivity contribution < 1.29 is 0 Å². The van der Waals surface area contributed by atoms with Crippen LogP contribution in [0.1, 0.15) is 45.4 Å². The van der Waals surface area contributed by atoms with Crippen molar-refractivity contribution in [3.8, 4) is 0 Å². The van der Waals surface area contributed by atoms with Gasteiger partial charge in [-0.3, -0.25) is 0 Å². The van der Waals surface area contributed by atoms with Gasteiger partial charge in [0.25, 0.3) is 0 Å². The van der Waals surface area contributed by atoms with E-state index in [0.29, 0.717) is 0 Å². The second-order valence-corrected chi connectivity index (χ2v) is 4.19. The normalized spacial score (nSPS) is 29.9. The van der Waals surface area contributed by atoms with E-state index in [4.69, 9.17) is 0 Å². The molecule has 0 spiro atoms. The SMILES string of the molecule is CC1C=C2CCCCCC2=CC1. The maximum Gasteiger partial charge on any atom is -0.0221 e. The molecule has 12 heavy (non-hydrogen) atoms. The molecule has 1 saturated carbocycles. The van der Waals surface area contributed by atoms with Crippen LogP contribution in [-0.2, 0) is 0 Å². The summed E-state index contributed by atoms with van der Waals surface area (Å²) in [6.45, 7) is 2.32. The average molecular weight is 162 g/mol. The maximum atomic E-state index is 2.50. The van der Waals surface area contributed by atoms with Crippen LogP contribution in [0.25, 0.3) is 0 Å². The Morgan fingerprint density at radius 3 is 2.67 bits per heavy atom. The zero-order valence-corrected chi connectivity index (χ0v) is 7.97. The molecular formula is C12H18. The second-order valence-electron chi connectivity index (χ2n) is 4.19. The molecular weight excluding hydrogens is 144 g/mol. The smallest absolute Gasteiger partial charge is 0.0221 e. The van der Waals surface area contributed by atoms with E-state index < -0.39 is 0 Å². The highest BCUT2D eigenvalue weighted by atomic mass is 14.2. The lowest BCUT2D eigenvalue weighted by Gasteiger charge is -2.17.